The molecule has 102 valence electrons. The van der Waals surface area contributed by atoms with Crippen LogP contribution in [-0.4, -0.2) is 45.4 Å². The van der Waals surface area contributed by atoms with Crippen LogP contribution in [0.25, 0.3) is 0 Å². The molecular weight excluding hydrogens is 286 g/mol. The van der Waals surface area contributed by atoms with Crippen LogP contribution in [0.15, 0.2) is 0 Å². The minimum Gasteiger partial charge on any atom is -0.316 e. The summed E-state index contributed by atoms with van der Waals surface area (Å²) in [6.07, 6.45) is 0.966. The molecule has 3 nitrogen and oxygen atoms in total. The standard InChI is InChI=1S/C12H20ClN3S2/c1-8-9(12(13)16(3)15-8)6-10(14-2)11-7-17-4-5-18-11/h10-11,14H,4-7H2,1-3H3. The molecule has 0 radical (unpaired) electrons. The van der Waals surface area contributed by atoms with Gasteiger partial charge in [-0.25, -0.2) is 0 Å². The average molecular weight is 306 g/mol. The van der Waals surface area contributed by atoms with Gasteiger partial charge in [0.25, 0.3) is 0 Å². The lowest BCUT2D eigenvalue weighted by molar-refractivity contribution is 0.556. The number of hydrogen-bond donors (Lipinski definition) is 1. The third kappa shape index (κ3) is 3.18. The van der Waals surface area contributed by atoms with Crippen LogP contribution in [0.3, 0.4) is 0 Å². The van der Waals surface area contributed by atoms with Gasteiger partial charge in [-0.05, 0) is 20.4 Å². The lowest BCUT2D eigenvalue weighted by Gasteiger charge is -2.29. The number of likely N-dealkylation sites (N-methyl/N-ethyl adjacent to an activating group) is 1. The zero-order valence-corrected chi connectivity index (χ0v) is 13.5. The van der Waals surface area contributed by atoms with Crippen molar-refractivity contribution in [2.75, 3.05) is 24.3 Å². The summed E-state index contributed by atoms with van der Waals surface area (Å²) in [5, 5.41) is 9.29. The van der Waals surface area contributed by atoms with Gasteiger partial charge in [0.15, 0.2) is 0 Å². The number of aryl methyl sites for hydroxylation is 2. The number of rotatable bonds is 4. The van der Waals surface area contributed by atoms with Crippen molar-refractivity contribution in [2.45, 2.75) is 24.6 Å². The highest BCUT2D eigenvalue weighted by molar-refractivity contribution is 8.06. The molecule has 0 aromatic carbocycles. The van der Waals surface area contributed by atoms with Gasteiger partial charge in [-0.3, -0.25) is 4.68 Å². The second-order valence-electron chi connectivity index (χ2n) is 4.56. The minimum absolute atomic E-state index is 0.475. The summed E-state index contributed by atoms with van der Waals surface area (Å²) < 4.78 is 1.77. The van der Waals surface area contributed by atoms with E-state index < -0.39 is 0 Å². The summed E-state index contributed by atoms with van der Waals surface area (Å²) in [5.74, 6) is 3.77. The van der Waals surface area contributed by atoms with Crippen LogP contribution < -0.4 is 5.32 Å². The Kier molecular flexibility index (Phi) is 5.30. The summed E-state index contributed by atoms with van der Waals surface area (Å²) in [6, 6.07) is 0.475. The van der Waals surface area contributed by atoms with Crippen LogP contribution in [0.2, 0.25) is 5.15 Å². The molecule has 1 N–H and O–H groups in total. The van der Waals surface area contributed by atoms with Gasteiger partial charge in [-0.1, -0.05) is 11.6 Å². The smallest absolute Gasteiger partial charge is 0.130 e. The van der Waals surface area contributed by atoms with E-state index >= 15 is 0 Å². The summed E-state index contributed by atoms with van der Waals surface area (Å²) in [6.45, 7) is 2.04. The molecule has 1 aliphatic rings. The van der Waals surface area contributed by atoms with E-state index in [4.69, 9.17) is 11.6 Å². The van der Waals surface area contributed by atoms with E-state index in [1.807, 2.05) is 21.0 Å². The number of halogens is 1. The third-order valence-electron chi connectivity index (χ3n) is 3.36. The minimum atomic E-state index is 0.475. The molecule has 2 rings (SSSR count). The molecule has 0 saturated carbocycles. The Morgan fingerprint density at radius 3 is 2.83 bits per heavy atom. The second-order valence-corrected chi connectivity index (χ2v) is 7.42. The van der Waals surface area contributed by atoms with E-state index in [1.165, 1.54) is 22.8 Å². The Morgan fingerprint density at radius 2 is 2.33 bits per heavy atom. The molecule has 2 heterocycles. The predicted octanol–water partition coefficient (Wildman–Crippen LogP) is 2.36. The number of nitrogens with one attached hydrogen (secondary N) is 1. The van der Waals surface area contributed by atoms with Crippen molar-refractivity contribution in [3.05, 3.63) is 16.4 Å². The first-order chi connectivity index (χ1) is 8.63. The summed E-state index contributed by atoms with van der Waals surface area (Å²) in [4.78, 5) is 0. The van der Waals surface area contributed by atoms with Crippen LogP contribution in [0.1, 0.15) is 11.3 Å². The number of nitrogens with zero attached hydrogens (tertiary/aromatic N) is 2. The molecule has 0 amide bonds. The van der Waals surface area contributed by atoms with E-state index in [0.29, 0.717) is 11.3 Å². The molecule has 0 spiro atoms. The Bertz CT molecular complexity index is 402. The molecule has 2 atom stereocenters. The number of thioether (sulfide) groups is 2. The van der Waals surface area contributed by atoms with Crippen molar-refractivity contribution in [1.82, 2.24) is 15.1 Å². The first kappa shape index (κ1) is 14.6. The van der Waals surface area contributed by atoms with Gasteiger partial charge in [-0.15, -0.1) is 0 Å². The highest BCUT2D eigenvalue weighted by Gasteiger charge is 2.25. The van der Waals surface area contributed by atoms with Gasteiger partial charge in [0.2, 0.25) is 0 Å². The highest BCUT2D eigenvalue weighted by atomic mass is 35.5. The number of hydrogen-bond acceptors (Lipinski definition) is 4. The maximum Gasteiger partial charge on any atom is 0.130 e. The molecule has 18 heavy (non-hydrogen) atoms. The van der Waals surface area contributed by atoms with Gasteiger partial charge >= 0.3 is 0 Å². The van der Waals surface area contributed by atoms with Gasteiger partial charge in [0.05, 0.1) is 5.69 Å². The third-order valence-corrected chi connectivity index (χ3v) is 6.75. The van der Waals surface area contributed by atoms with Crippen molar-refractivity contribution in [3.63, 3.8) is 0 Å². The van der Waals surface area contributed by atoms with Crippen LogP contribution in [0.5, 0.6) is 0 Å². The molecule has 6 heteroatoms. The van der Waals surface area contributed by atoms with Gasteiger partial charge in [0.1, 0.15) is 5.15 Å². The van der Waals surface area contributed by atoms with Crippen molar-refractivity contribution >= 4 is 35.1 Å². The predicted molar refractivity (Wildman–Crippen MR) is 83.1 cm³/mol. The largest absolute Gasteiger partial charge is 0.316 e. The number of aromatic nitrogens is 2. The van der Waals surface area contributed by atoms with Crippen LogP contribution in [0, 0.1) is 6.92 Å². The fraction of sp³-hybridized carbons (Fsp3) is 0.750. The van der Waals surface area contributed by atoms with Gasteiger partial charge in [-0.2, -0.15) is 28.6 Å². The topological polar surface area (TPSA) is 29.9 Å². The molecule has 1 aromatic rings. The zero-order valence-electron chi connectivity index (χ0n) is 11.1. The van der Waals surface area contributed by atoms with E-state index in [-0.39, 0.29) is 0 Å². The van der Waals surface area contributed by atoms with Crippen LogP contribution in [0.4, 0.5) is 0 Å². The van der Waals surface area contributed by atoms with E-state index in [9.17, 15) is 0 Å². The van der Waals surface area contributed by atoms with E-state index in [1.54, 1.807) is 4.68 Å². The van der Waals surface area contributed by atoms with Crippen molar-refractivity contribution < 1.29 is 0 Å². The Hall–Kier alpha value is 0.160. The summed E-state index contributed by atoms with van der Waals surface area (Å²) in [7, 11) is 3.95. The first-order valence-corrected chi connectivity index (χ1v) is 8.76. The summed E-state index contributed by atoms with van der Waals surface area (Å²) >= 11 is 10.5. The van der Waals surface area contributed by atoms with Crippen molar-refractivity contribution in [1.29, 1.82) is 0 Å². The molecular formula is C12H20ClN3S2. The van der Waals surface area contributed by atoms with Gasteiger partial charge in [0, 0.05) is 41.2 Å². The SMILES string of the molecule is CNC(Cc1c(C)nn(C)c1Cl)C1CSCCS1. The molecule has 0 aliphatic carbocycles. The molecule has 1 aliphatic heterocycles. The van der Waals surface area contributed by atoms with E-state index in [0.717, 1.165) is 17.3 Å². The lowest BCUT2D eigenvalue weighted by atomic mass is 10.0. The quantitative estimate of drug-likeness (QED) is 0.925. The first-order valence-electron chi connectivity index (χ1n) is 6.18. The second kappa shape index (κ2) is 6.55. The summed E-state index contributed by atoms with van der Waals surface area (Å²) in [5.41, 5.74) is 2.24. The molecule has 0 bridgehead atoms. The van der Waals surface area contributed by atoms with Crippen molar-refractivity contribution in [3.8, 4) is 0 Å². The fourth-order valence-electron chi connectivity index (χ4n) is 2.28. The normalized spacial score (nSPS) is 22.1. The lowest BCUT2D eigenvalue weighted by Crippen LogP contribution is -2.40. The van der Waals surface area contributed by atoms with Crippen LogP contribution >= 0.6 is 35.1 Å². The maximum absolute atomic E-state index is 6.31. The van der Waals surface area contributed by atoms with Crippen LogP contribution in [-0.2, 0) is 13.5 Å². The highest BCUT2D eigenvalue weighted by Crippen LogP contribution is 2.29. The molecule has 1 aromatic heterocycles. The Balaban J connectivity index is 2.09. The van der Waals surface area contributed by atoms with Gasteiger partial charge < -0.3 is 5.32 Å². The van der Waals surface area contributed by atoms with E-state index in [2.05, 4.69) is 33.9 Å². The zero-order chi connectivity index (χ0) is 13.1. The fourth-order valence-corrected chi connectivity index (χ4v) is 5.46. The maximum atomic E-state index is 6.31. The Labute approximate surface area is 122 Å². The van der Waals surface area contributed by atoms with Crippen molar-refractivity contribution in [2.24, 2.45) is 7.05 Å². The Morgan fingerprint density at radius 1 is 1.56 bits per heavy atom. The molecule has 2 unspecified atom stereocenters. The molecule has 1 saturated heterocycles. The average Bonchev–Trinajstić information content (AvgIpc) is 2.62. The molecule has 1 fully saturated rings. The monoisotopic (exact) mass is 305 g/mol.